The summed E-state index contributed by atoms with van der Waals surface area (Å²) >= 11 is 6.38. The van der Waals surface area contributed by atoms with Crippen molar-refractivity contribution >= 4 is 84.7 Å². The molecule has 0 spiro atoms. The van der Waals surface area contributed by atoms with Gasteiger partial charge in [0.1, 0.15) is 0 Å². The number of para-hydroxylation sites is 1. The first-order chi connectivity index (χ1) is 22.6. The molecule has 6 rings (SSSR count). The Labute approximate surface area is 315 Å². The van der Waals surface area contributed by atoms with Crippen LogP contribution in [0.2, 0.25) is 0 Å². The van der Waals surface area contributed by atoms with Gasteiger partial charge in [-0.3, -0.25) is 0 Å². The molecule has 242 valence electrons. The molecule has 0 amide bonds. The molecule has 5 aromatic carbocycles. The predicted molar refractivity (Wildman–Crippen MR) is 221 cm³/mol. The van der Waals surface area contributed by atoms with Gasteiger partial charge in [0.05, 0.1) is 0 Å². The van der Waals surface area contributed by atoms with E-state index in [1.54, 1.807) is 0 Å². The molecule has 1 aliphatic rings. The van der Waals surface area contributed by atoms with Crippen LogP contribution in [-0.2, 0) is 16.1 Å². The Morgan fingerprint density at radius 1 is 0.500 bits per heavy atom. The van der Waals surface area contributed by atoms with E-state index in [-0.39, 0.29) is 0 Å². The Balaban J connectivity index is 0.000000299. The van der Waals surface area contributed by atoms with Gasteiger partial charge in [0.15, 0.2) is 0 Å². The van der Waals surface area contributed by atoms with Crippen LogP contribution in [0.3, 0.4) is 0 Å². The minimum absolute atomic E-state index is 0.448. The van der Waals surface area contributed by atoms with Crippen molar-refractivity contribution in [3.05, 3.63) is 171 Å². The number of anilines is 1. The first-order valence-corrected chi connectivity index (χ1v) is 26.4. The van der Waals surface area contributed by atoms with Crippen LogP contribution in [0.4, 0.5) is 5.69 Å². The van der Waals surface area contributed by atoms with Crippen molar-refractivity contribution in [3.63, 3.8) is 0 Å². The molecule has 2 atom stereocenters. The molecule has 0 radical (unpaired) electrons. The zero-order valence-electron chi connectivity index (χ0n) is 26.7. The predicted octanol–water partition coefficient (Wildman–Crippen LogP) is 9.99. The van der Waals surface area contributed by atoms with Gasteiger partial charge in [-0.15, -0.1) is 0 Å². The standard InChI is InChI=1S/C28H28P2.C10H11N2.CH3I.HI.Pt/c1-23(29(25-15-7-3-8-16-25)26-17-9-4-10-18-26)24(2)30(27-19-11-5-12-20-27)28-21-13-6-14-22-28;1-11-7-8-12(9-11)10-5-3-2-4-6-10;1-2;;/h3-24H,1-2H3;2-9H,1H3;1H3;1H;/q;-1;;;+2/p-1/t23-,24-;;;;/m0..../s1. The number of alkyl halides is 1. The Hall–Kier alpha value is -1.55. The van der Waals surface area contributed by atoms with Gasteiger partial charge in [0, 0.05) is 5.69 Å². The second-order valence-electron chi connectivity index (χ2n) is 10.4. The maximum atomic E-state index is 2.47. The van der Waals surface area contributed by atoms with E-state index >= 15 is 0 Å². The third-order valence-electron chi connectivity index (χ3n) is 7.47. The molecular weight excluding hydrogens is 1010 g/mol. The number of halogens is 2. The van der Waals surface area contributed by atoms with Crippen molar-refractivity contribution in [2.24, 2.45) is 0 Å². The summed E-state index contributed by atoms with van der Waals surface area (Å²) in [6, 6.07) is 54.7. The molecule has 1 aliphatic heterocycles. The molecule has 0 aliphatic carbocycles. The van der Waals surface area contributed by atoms with E-state index in [1.165, 1.54) is 26.9 Å². The first kappa shape index (κ1) is 38.9. The summed E-state index contributed by atoms with van der Waals surface area (Å²) in [7, 11) is 1.12. The van der Waals surface area contributed by atoms with E-state index in [0.717, 1.165) is 0 Å². The number of hydrogen-bond acceptors (Lipinski definition) is 2. The average molecular weight is 1050 g/mol. The zero-order valence-corrected chi connectivity index (χ0v) is 35.1. The van der Waals surface area contributed by atoms with Gasteiger partial charge in [-0.05, 0) is 84.9 Å². The summed E-state index contributed by atoms with van der Waals surface area (Å²) < 4.78 is 0. The van der Waals surface area contributed by atoms with Gasteiger partial charge < -0.3 is 9.80 Å². The fourth-order valence-electron chi connectivity index (χ4n) is 5.23. The van der Waals surface area contributed by atoms with E-state index < -0.39 is 15.8 Å². The molecule has 2 nitrogen and oxygen atoms in total. The van der Waals surface area contributed by atoms with Crippen LogP contribution in [0, 0.1) is 6.67 Å². The summed E-state index contributed by atoms with van der Waals surface area (Å²) in [5.41, 5.74) is 2.30. The number of benzene rings is 5. The van der Waals surface area contributed by atoms with E-state index in [2.05, 4.69) is 210 Å². The summed E-state index contributed by atoms with van der Waals surface area (Å²) in [5, 5.41) is 5.87. The zero-order chi connectivity index (χ0) is 33.1. The van der Waals surface area contributed by atoms with Gasteiger partial charge in [-0.1, -0.05) is 176 Å². The van der Waals surface area contributed by atoms with E-state index in [9.17, 15) is 0 Å². The SMILES string of the molecule is CI.CN1C=CN(c2ccccc2)[CH-]1.C[C@@H]([C@H](C)P(c1ccccc1)c1ccccc1)P(c1ccccc1)c1ccccc1.[I][Pt+]. The quantitative estimate of drug-likeness (QED) is 0.0662. The topological polar surface area (TPSA) is 6.48 Å². The normalized spacial score (nSPS) is 13.1. The van der Waals surface area contributed by atoms with Crippen molar-refractivity contribution in [2.45, 2.75) is 25.2 Å². The summed E-state index contributed by atoms with van der Waals surface area (Å²) in [6.07, 6.45) is 4.06. The van der Waals surface area contributed by atoms with Crippen LogP contribution in [0.25, 0.3) is 0 Å². The van der Waals surface area contributed by atoms with Crippen LogP contribution in [0.5, 0.6) is 0 Å². The Bertz CT molecular complexity index is 1350. The molecule has 0 N–H and O–H groups in total. The summed E-state index contributed by atoms with van der Waals surface area (Å²) in [4.78, 5) is 6.07. The fraction of sp³-hybridized carbons (Fsp3) is 0.154. The Kier molecular flexibility index (Phi) is 18.7. The molecule has 0 bridgehead atoms. The summed E-state index contributed by atoms with van der Waals surface area (Å²) in [5.74, 6) is 0. The second kappa shape index (κ2) is 22.2. The molecule has 0 aromatic heterocycles. The van der Waals surface area contributed by atoms with Crippen LogP contribution < -0.4 is 26.1 Å². The number of rotatable bonds is 8. The van der Waals surface area contributed by atoms with E-state index in [4.69, 9.17) is 0 Å². The van der Waals surface area contributed by atoms with Crippen molar-refractivity contribution < 1.29 is 16.1 Å². The van der Waals surface area contributed by atoms with Gasteiger partial charge in [0.2, 0.25) is 0 Å². The Morgan fingerprint density at radius 3 is 1.04 bits per heavy atom. The fourth-order valence-corrected chi connectivity index (χ4v) is 11.3. The van der Waals surface area contributed by atoms with Crippen LogP contribution in [0.1, 0.15) is 13.8 Å². The molecule has 46 heavy (non-hydrogen) atoms. The average Bonchev–Trinajstić information content (AvgIpc) is 3.59. The van der Waals surface area contributed by atoms with E-state index in [0.29, 0.717) is 11.3 Å². The van der Waals surface area contributed by atoms with Crippen LogP contribution in [0.15, 0.2) is 164 Å². The molecule has 0 saturated carbocycles. The van der Waals surface area contributed by atoms with Crippen LogP contribution in [-0.4, -0.2) is 28.2 Å². The van der Waals surface area contributed by atoms with Crippen molar-refractivity contribution in [1.82, 2.24) is 4.90 Å². The molecule has 0 unspecified atom stereocenters. The minimum atomic E-state index is -0.448. The number of hydrogen-bond donors (Lipinski definition) is 0. The summed E-state index contributed by atoms with van der Waals surface area (Å²) in [6.45, 7) is 6.98. The monoisotopic (exact) mass is 1050 g/mol. The number of nitrogens with zero attached hydrogens (tertiary/aromatic N) is 2. The molecule has 5 aromatic rings. The van der Waals surface area contributed by atoms with Gasteiger partial charge in [-0.25, -0.2) is 0 Å². The van der Waals surface area contributed by atoms with Gasteiger partial charge in [-0.2, -0.15) is 6.67 Å². The maximum absolute atomic E-state index is 2.47. The van der Waals surface area contributed by atoms with Gasteiger partial charge >= 0.3 is 35.5 Å². The first-order valence-electron chi connectivity index (χ1n) is 15.0. The molecule has 1 heterocycles. The molecule has 0 saturated heterocycles. The van der Waals surface area contributed by atoms with Crippen molar-refractivity contribution in [3.8, 4) is 0 Å². The second-order valence-corrected chi connectivity index (χ2v) is 15.6. The van der Waals surface area contributed by atoms with Gasteiger partial charge in [0.25, 0.3) is 0 Å². The van der Waals surface area contributed by atoms with Crippen molar-refractivity contribution in [2.75, 3.05) is 16.9 Å². The van der Waals surface area contributed by atoms with Crippen molar-refractivity contribution in [1.29, 1.82) is 0 Å². The Morgan fingerprint density at radius 2 is 0.783 bits per heavy atom. The molecular formula is C39H42I2N2P2Pt. The molecule has 0 fully saturated rings. The van der Waals surface area contributed by atoms with Crippen LogP contribution >= 0.6 is 57.8 Å². The third kappa shape index (κ3) is 11.6. The molecule has 7 heteroatoms. The van der Waals surface area contributed by atoms with E-state index in [1.807, 2.05) is 54.1 Å². The third-order valence-corrected chi connectivity index (χ3v) is 13.7.